The Balaban J connectivity index is 1.16. The van der Waals surface area contributed by atoms with E-state index in [4.69, 9.17) is 15.0 Å². The number of anilines is 3. The average molecular weight is 667 g/mol. The Morgan fingerprint density at radius 3 is 1.25 bits per heavy atom. The molecule has 246 valence electrons. The summed E-state index contributed by atoms with van der Waals surface area (Å²) in [5.74, 6) is 1.95. The van der Waals surface area contributed by atoms with Crippen LogP contribution in [0.5, 0.6) is 0 Å². The fourth-order valence-corrected chi connectivity index (χ4v) is 8.36. The van der Waals surface area contributed by atoms with Gasteiger partial charge in [0.1, 0.15) is 0 Å². The van der Waals surface area contributed by atoms with E-state index in [1.54, 1.807) is 0 Å². The fourth-order valence-electron chi connectivity index (χ4n) is 8.36. The molecule has 0 atom stereocenters. The van der Waals surface area contributed by atoms with Crippen molar-refractivity contribution in [2.24, 2.45) is 0 Å². The fraction of sp³-hybridized carbons (Fsp3) is 0.0625. The molecule has 4 heteroatoms. The van der Waals surface area contributed by atoms with E-state index in [9.17, 15) is 0 Å². The van der Waals surface area contributed by atoms with Crippen molar-refractivity contribution in [3.63, 3.8) is 0 Å². The van der Waals surface area contributed by atoms with Crippen LogP contribution in [0.25, 0.3) is 45.3 Å². The Labute approximate surface area is 303 Å². The highest BCUT2D eigenvalue weighted by Crippen LogP contribution is 2.63. The molecule has 8 aromatic rings. The second kappa shape index (κ2) is 11.7. The van der Waals surface area contributed by atoms with Gasteiger partial charge in [-0.2, -0.15) is 0 Å². The molecular formula is C48H34N4. The van der Waals surface area contributed by atoms with Crippen LogP contribution in [-0.2, 0) is 5.41 Å². The number of aromatic nitrogens is 3. The minimum Gasteiger partial charge on any atom is -0.310 e. The molecule has 7 aromatic carbocycles. The van der Waals surface area contributed by atoms with Gasteiger partial charge >= 0.3 is 0 Å². The van der Waals surface area contributed by atoms with Crippen molar-refractivity contribution in [2.75, 3.05) is 4.90 Å². The van der Waals surface area contributed by atoms with Crippen molar-refractivity contribution >= 4 is 17.1 Å². The third kappa shape index (κ3) is 4.51. The van der Waals surface area contributed by atoms with Crippen LogP contribution in [0, 0.1) is 13.8 Å². The largest absolute Gasteiger partial charge is 0.310 e. The molecular weight excluding hydrogens is 633 g/mol. The lowest BCUT2D eigenvalue weighted by Gasteiger charge is -2.45. The molecule has 10 rings (SSSR count). The number of fused-ring (bicyclic) bond motifs is 9. The Bertz CT molecular complexity index is 2490. The van der Waals surface area contributed by atoms with Crippen LogP contribution < -0.4 is 4.90 Å². The van der Waals surface area contributed by atoms with E-state index in [1.807, 2.05) is 60.7 Å². The number of hydrogen-bond donors (Lipinski definition) is 0. The summed E-state index contributed by atoms with van der Waals surface area (Å²) in [5, 5.41) is 0. The number of nitrogens with zero attached hydrogens (tertiary/aromatic N) is 4. The van der Waals surface area contributed by atoms with Gasteiger partial charge in [0.2, 0.25) is 0 Å². The van der Waals surface area contributed by atoms with Crippen LogP contribution in [0.15, 0.2) is 170 Å². The summed E-state index contributed by atoms with van der Waals surface area (Å²) in [6.45, 7) is 4.40. The normalized spacial score (nSPS) is 13.3. The lowest BCUT2D eigenvalue weighted by Crippen LogP contribution is -2.36. The van der Waals surface area contributed by atoms with Crippen molar-refractivity contribution < 1.29 is 0 Å². The van der Waals surface area contributed by atoms with Crippen molar-refractivity contribution in [2.45, 2.75) is 19.3 Å². The predicted octanol–water partition coefficient (Wildman–Crippen LogP) is 11.6. The second-order valence-corrected chi connectivity index (χ2v) is 13.8. The highest BCUT2D eigenvalue weighted by molar-refractivity contribution is 5.96. The van der Waals surface area contributed by atoms with Gasteiger partial charge in [0, 0.05) is 22.4 Å². The molecule has 2 aliphatic rings. The van der Waals surface area contributed by atoms with Gasteiger partial charge in [0.15, 0.2) is 17.5 Å². The lowest BCUT2D eigenvalue weighted by atomic mass is 9.64. The van der Waals surface area contributed by atoms with Crippen LogP contribution in [0.1, 0.15) is 33.4 Å². The highest BCUT2D eigenvalue weighted by atomic mass is 15.2. The molecule has 0 saturated heterocycles. The van der Waals surface area contributed by atoms with Crippen LogP contribution in [0.4, 0.5) is 17.1 Å². The molecule has 0 N–H and O–H groups in total. The monoisotopic (exact) mass is 666 g/mol. The topological polar surface area (TPSA) is 41.9 Å². The molecule has 0 fully saturated rings. The Morgan fingerprint density at radius 2 is 0.788 bits per heavy atom. The maximum Gasteiger partial charge on any atom is 0.164 e. The van der Waals surface area contributed by atoms with Gasteiger partial charge in [0.05, 0.1) is 16.8 Å². The molecule has 1 aromatic heterocycles. The standard InChI is InChI=1S/C48H34N4/c1-31-21-27-43-41(29-31)48(39-19-11-9-17-37(39)38-18-10-12-20-40(38)48)42-30-32(2)22-28-44(42)52(43)36-25-23-35(24-26-36)47-50-45(33-13-5-3-6-14-33)49-46(51-47)34-15-7-4-8-16-34/h3-30H,1-2H3. The van der Waals surface area contributed by atoms with Gasteiger partial charge in [-0.05, 0) is 83.6 Å². The summed E-state index contributed by atoms with van der Waals surface area (Å²) >= 11 is 0. The van der Waals surface area contributed by atoms with E-state index < -0.39 is 5.41 Å². The average Bonchev–Trinajstić information content (AvgIpc) is 3.50. The first-order valence-electron chi connectivity index (χ1n) is 17.8. The Hall–Kier alpha value is -6.65. The SMILES string of the molecule is Cc1ccc2c(c1)C1(c3ccccc3-c3ccccc31)c1cc(C)ccc1N2c1ccc(-c2nc(-c3ccccc3)nc(-c3ccccc3)n2)cc1. The van der Waals surface area contributed by atoms with Crippen LogP contribution >= 0.6 is 0 Å². The number of hydrogen-bond acceptors (Lipinski definition) is 4. The molecule has 0 radical (unpaired) electrons. The molecule has 0 amide bonds. The summed E-state index contributed by atoms with van der Waals surface area (Å²) in [7, 11) is 0. The molecule has 2 heterocycles. The second-order valence-electron chi connectivity index (χ2n) is 13.8. The first-order valence-corrected chi connectivity index (χ1v) is 17.8. The van der Waals surface area contributed by atoms with Gasteiger partial charge in [-0.15, -0.1) is 0 Å². The van der Waals surface area contributed by atoms with Crippen LogP contribution in [0.3, 0.4) is 0 Å². The van der Waals surface area contributed by atoms with Crippen LogP contribution in [-0.4, -0.2) is 15.0 Å². The van der Waals surface area contributed by atoms with Crippen molar-refractivity contribution in [3.05, 3.63) is 203 Å². The van der Waals surface area contributed by atoms with Gasteiger partial charge < -0.3 is 4.90 Å². The van der Waals surface area contributed by atoms with E-state index in [1.165, 1.54) is 55.9 Å². The smallest absolute Gasteiger partial charge is 0.164 e. The zero-order valence-electron chi connectivity index (χ0n) is 29.0. The van der Waals surface area contributed by atoms with Gasteiger partial charge in [-0.25, -0.2) is 15.0 Å². The minimum atomic E-state index is -0.446. The van der Waals surface area contributed by atoms with Crippen LogP contribution in [0.2, 0.25) is 0 Å². The first kappa shape index (κ1) is 30.2. The number of rotatable bonds is 4. The Morgan fingerprint density at radius 1 is 0.385 bits per heavy atom. The van der Waals surface area contributed by atoms with E-state index in [0.717, 1.165) is 22.4 Å². The third-order valence-corrected chi connectivity index (χ3v) is 10.6. The zero-order chi connectivity index (χ0) is 34.8. The minimum absolute atomic E-state index is 0.446. The molecule has 1 spiro atoms. The summed E-state index contributed by atoms with van der Waals surface area (Å²) in [4.78, 5) is 17.3. The van der Waals surface area contributed by atoms with E-state index in [-0.39, 0.29) is 0 Å². The first-order chi connectivity index (χ1) is 25.6. The zero-order valence-corrected chi connectivity index (χ0v) is 29.0. The molecule has 4 nitrogen and oxygen atoms in total. The molecule has 0 saturated carbocycles. The summed E-state index contributed by atoms with van der Waals surface area (Å²) in [6.07, 6.45) is 0. The van der Waals surface area contributed by atoms with Gasteiger partial charge in [0.25, 0.3) is 0 Å². The van der Waals surface area contributed by atoms with E-state index in [0.29, 0.717) is 17.5 Å². The summed E-state index contributed by atoms with van der Waals surface area (Å²) in [5.41, 5.74) is 16.2. The quantitative estimate of drug-likeness (QED) is 0.187. The van der Waals surface area contributed by atoms with Crippen molar-refractivity contribution in [1.29, 1.82) is 0 Å². The third-order valence-electron chi connectivity index (χ3n) is 10.6. The maximum absolute atomic E-state index is 4.99. The molecule has 0 unspecified atom stereocenters. The van der Waals surface area contributed by atoms with Gasteiger partial charge in [-0.1, -0.05) is 145 Å². The summed E-state index contributed by atoms with van der Waals surface area (Å²) in [6, 6.07) is 60.7. The van der Waals surface area contributed by atoms with E-state index in [2.05, 4.69) is 128 Å². The lowest BCUT2D eigenvalue weighted by molar-refractivity contribution is 0.750. The Kier molecular flexibility index (Phi) is 6.80. The number of benzene rings is 7. The van der Waals surface area contributed by atoms with Crippen molar-refractivity contribution in [1.82, 2.24) is 15.0 Å². The maximum atomic E-state index is 4.99. The number of aryl methyl sites for hydroxylation is 2. The predicted molar refractivity (Wildman–Crippen MR) is 211 cm³/mol. The molecule has 52 heavy (non-hydrogen) atoms. The molecule has 0 bridgehead atoms. The molecule has 1 aliphatic carbocycles. The molecule has 1 aliphatic heterocycles. The van der Waals surface area contributed by atoms with Gasteiger partial charge in [-0.3, -0.25) is 0 Å². The highest BCUT2D eigenvalue weighted by Gasteiger charge is 2.51. The van der Waals surface area contributed by atoms with Crippen molar-refractivity contribution in [3.8, 4) is 45.3 Å². The van der Waals surface area contributed by atoms with E-state index >= 15 is 0 Å². The summed E-state index contributed by atoms with van der Waals surface area (Å²) < 4.78 is 0.